The largest absolute Gasteiger partial charge is 0.384 e. The number of hydrogen-bond acceptors (Lipinski definition) is 2. The molecule has 1 saturated carbocycles. The summed E-state index contributed by atoms with van der Waals surface area (Å²) in [6.45, 7) is 5.44. The highest BCUT2D eigenvalue weighted by atomic mass is 14.9. The summed E-state index contributed by atoms with van der Waals surface area (Å²) in [6.07, 6.45) is 4.94. The number of benzene rings is 1. The summed E-state index contributed by atoms with van der Waals surface area (Å²) in [4.78, 5) is 0. The van der Waals surface area contributed by atoms with Crippen LogP contribution in [0.5, 0.6) is 0 Å². The van der Waals surface area contributed by atoms with Crippen molar-refractivity contribution >= 4 is 5.69 Å². The molecule has 0 bridgehead atoms. The molecule has 0 unspecified atom stereocenters. The molecule has 1 fully saturated rings. The molecule has 0 atom stereocenters. The number of nitrogens with two attached hydrogens (primary N) is 1. The highest BCUT2D eigenvalue weighted by Gasteiger charge is 2.18. The second-order valence-electron chi connectivity index (χ2n) is 5.43. The lowest BCUT2D eigenvalue weighted by molar-refractivity contribution is 0.339. The Kier molecular flexibility index (Phi) is 4.06. The number of para-hydroxylation sites is 1. The molecule has 0 saturated heterocycles. The zero-order chi connectivity index (χ0) is 12.3. The minimum atomic E-state index is 0.450. The van der Waals surface area contributed by atoms with E-state index >= 15 is 0 Å². The van der Waals surface area contributed by atoms with Crippen LogP contribution in [0.1, 0.15) is 36.8 Å². The molecule has 1 aliphatic carbocycles. The van der Waals surface area contributed by atoms with Crippen LogP contribution in [0.25, 0.3) is 0 Å². The van der Waals surface area contributed by atoms with Crippen LogP contribution >= 0.6 is 0 Å². The Hall–Kier alpha value is -1.02. The fourth-order valence-electron chi connectivity index (χ4n) is 2.73. The molecule has 2 nitrogen and oxygen atoms in total. The van der Waals surface area contributed by atoms with Gasteiger partial charge >= 0.3 is 0 Å². The van der Waals surface area contributed by atoms with E-state index in [1.807, 2.05) is 0 Å². The van der Waals surface area contributed by atoms with Crippen molar-refractivity contribution in [2.24, 2.45) is 11.7 Å². The van der Waals surface area contributed by atoms with E-state index in [0.29, 0.717) is 6.04 Å². The molecule has 0 aliphatic heterocycles. The monoisotopic (exact) mass is 232 g/mol. The molecule has 0 radical (unpaired) electrons. The van der Waals surface area contributed by atoms with E-state index in [-0.39, 0.29) is 0 Å². The smallest absolute Gasteiger partial charge is 0.0399 e. The number of aryl methyl sites for hydroxylation is 2. The molecule has 94 valence electrons. The molecule has 1 aromatic carbocycles. The summed E-state index contributed by atoms with van der Waals surface area (Å²) in [5, 5.41) is 3.62. The van der Waals surface area contributed by atoms with Crippen molar-refractivity contribution in [2.45, 2.75) is 45.6 Å². The molecule has 1 aliphatic rings. The third-order valence-electron chi connectivity index (χ3n) is 3.94. The van der Waals surface area contributed by atoms with Crippen LogP contribution in [0.2, 0.25) is 0 Å². The van der Waals surface area contributed by atoms with Gasteiger partial charge in [-0.05, 0) is 56.6 Å². The maximum atomic E-state index is 5.93. The molecule has 1 aromatic rings. The lowest BCUT2D eigenvalue weighted by atomic mass is 9.86. The molecular formula is C15H24N2. The van der Waals surface area contributed by atoms with Crippen molar-refractivity contribution in [1.29, 1.82) is 0 Å². The minimum Gasteiger partial charge on any atom is -0.384 e. The maximum Gasteiger partial charge on any atom is 0.0399 e. The third kappa shape index (κ3) is 3.22. The summed E-state index contributed by atoms with van der Waals surface area (Å²) >= 11 is 0. The van der Waals surface area contributed by atoms with Gasteiger partial charge in [0.2, 0.25) is 0 Å². The Bertz CT molecular complexity index is 345. The van der Waals surface area contributed by atoms with Crippen molar-refractivity contribution < 1.29 is 0 Å². The van der Waals surface area contributed by atoms with Crippen molar-refractivity contribution in [1.82, 2.24) is 0 Å². The summed E-state index contributed by atoms with van der Waals surface area (Å²) in [6, 6.07) is 6.92. The molecule has 2 rings (SSSR count). The number of anilines is 1. The van der Waals surface area contributed by atoms with Gasteiger partial charge in [-0.15, -0.1) is 0 Å². The van der Waals surface area contributed by atoms with Gasteiger partial charge < -0.3 is 11.1 Å². The first-order valence-electron chi connectivity index (χ1n) is 6.72. The van der Waals surface area contributed by atoms with Gasteiger partial charge in [-0.2, -0.15) is 0 Å². The van der Waals surface area contributed by atoms with Gasteiger partial charge in [0.15, 0.2) is 0 Å². The van der Waals surface area contributed by atoms with Crippen molar-refractivity contribution in [2.75, 3.05) is 11.9 Å². The first-order chi connectivity index (χ1) is 8.16. The first-order valence-corrected chi connectivity index (χ1v) is 6.72. The normalized spacial score (nSPS) is 24.6. The zero-order valence-electron chi connectivity index (χ0n) is 11.0. The van der Waals surface area contributed by atoms with E-state index in [1.54, 1.807) is 0 Å². The fourth-order valence-corrected chi connectivity index (χ4v) is 2.73. The second-order valence-corrected chi connectivity index (χ2v) is 5.43. The van der Waals surface area contributed by atoms with Gasteiger partial charge in [0.05, 0.1) is 0 Å². The highest BCUT2D eigenvalue weighted by Crippen LogP contribution is 2.25. The molecule has 0 heterocycles. The number of rotatable bonds is 3. The predicted octanol–water partition coefficient (Wildman–Crippen LogP) is 3.23. The van der Waals surface area contributed by atoms with Crippen LogP contribution in [0, 0.1) is 19.8 Å². The van der Waals surface area contributed by atoms with Crippen LogP contribution in [-0.2, 0) is 0 Å². The minimum absolute atomic E-state index is 0.450. The fraction of sp³-hybridized carbons (Fsp3) is 0.600. The Balaban J connectivity index is 1.89. The maximum absolute atomic E-state index is 5.93. The Morgan fingerprint density at radius 1 is 1.12 bits per heavy atom. The van der Waals surface area contributed by atoms with Crippen LogP contribution in [0.3, 0.4) is 0 Å². The number of hydrogen-bond donors (Lipinski definition) is 2. The quantitative estimate of drug-likeness (QED) is 0.839. The summed E-state index contributed by atoms with van der Waals surface area (Å²) in [5.41, 5.74) is 9.94. The predicted molar refractivity (Wildman–Crippen MR) is 74.3 cm³/mol. The SMILES string of the molecule is Cc1cccc(C)c1NCC1CCC(N)CC1. The number of nitrogens with one attached hydrogen (secondary N) is 1. The van der Waals surface area contributed by atoms with Gasteiger partial charge in [0.1, 0.15) is 0 Å². The lowest BCUT2D eigenvalue weighted by Gasteiger charge is -2.27. The van der Waals surface area contributed by atoms with E-state index in [0.717, 1.165) is 12.5 Å². The van der Waals surface area contributed by atoms with Gasteiger partial charge in [0.25, 0.3) is 0 Å². The first kappa shape index (κ1) is 12.4. The van der Waals surface area contributed by atoms with Crippen molar-refractivity contribution in [3.63, 3.8) is 0 Å². The van der Waals surface area contributed by atoms with E-state index in [4.69, 9.17) is 5.73 Å². The lowest BCUT2D eigenvalue weighted by Crippen LogP contribution is -2.29. The molecule has 0 spiro atoms. The van der Waals surface area contributed by atoms with E-state index in [1.165, 1.54) is 42.5 Å². The van der Waals surface area contributed by atoms with E-state index in [2.05, 4.69) is 37.4 Å². The average molecular weight is 232 g/mol. The van der Waals surface area contributed by atoms with Gasteiger partial charge in [-0.1, -0.05) is 18.2 Å². The van der Waals surface area contributed by atoms with Crippen LogP contribution < -0.4 is 11.1 Å². The second kappa shape index (κ2) is 5.54. The van der Waals surface area contributed by atoms with Crippen LogP contribution in [-0.4, -0.2) is 12.6 Å². The van der Waals surface area contributed by atoms with Crippen molar-refractivity contribution in [3.05, 3.63) is 29.3 Å². The standard InChI is InChI=1S/C15H24N2/c1-11-4-3-5-12(2)15(11)17-10-13-6-8-14(16)9-7-13/h3-5,13-14,17H,6-10,16H2,1-2H3. The molecule has 3 N–H and O–H groups in total. The Labute approximate surface area is 105 Å². The Morgan fingerprint density at radius 3 is 2.29 bits per heavy atom. The Morgan fingerprint density at radius 2 is 1.71 bits per heavy atom. The van der Waals surface area contributed by atoms with Crippen molar-refractivity contribution in [3.8, 4) is 0 Å². The zero-order valence-corrected chi connectivity index (χ0v) is 11.0. The molecular weight excluding hydrogens is 208 g/mol. The molecule has 2 heteroatoms. The van der Waals surface area contributed by atoms with Gasteiger partial charge in [-0.3, -0.25) is 0 Å². The molecule has 17 heavy (non-hydrogen) atoms. The van der Waals surface area contributed by atoms with Crippen LogP contribution in [0.15, 0.2) is 18.2 Å². The van der Waals surface area contributed by atoms with Gasteiger partial charge in [0, 0.05) is 18.3 Å². The van der Waals surface area contributed by atoms with Gasteiger partial charge in [-0.25, -0.2) is 0 Å². The summed E-state index contributed by atoms with van der Waals surface area (Å²) in [5.74, 6) is 0.800. The topological polar surface area (TPSA) is 38.0 Å². The molecule has 0 aromatic heterocycles. The molecule has 0 amide bonds. The van der Waals surface area contributed by atoms with E-state index < -0.39 is 0 Å². The highest BCUT2D eigenvalue weighted by molar-refractivity contribution is 5.56. The average Bonchev–Trinajstić information content (AvgIpc) is 2.31. The summed E-state index contributed by atoms with van der Waals surface area (Å²) in [7, 11) is 0. The third-order valence-corrected chi connectivity index (χ3v) is 3.94. The van der Waals surface area contributed by atoms with E-state index in [9.17, 15) is 0 Å². The summed E-state index contributed by atoms with van der Waals surface area (Å²) < 4.78 is 0. The van der Waals surface area contributed by atoms with Crippen LogP contribution in [0.4, 0.5) is 5.69 Å².